The Morgan fingerprint density at radius 2 is 1.58 bits per heavy atom. The molecule has 0 saturated heterocycles. The number of halogens is 2. The van der Waals surface area contributed by atoms with Gasteiger partial charge in [0, 0.05) is 5.56 Å². The third-order valence-electron chi connectivity index (χ3n) is 2.60. The highest BCUT2D eigenvalue weighted by Crippen LogP contribution is 2.30. The largest absolute Gasteiger partial charge is 0.451 e. The lowest BCUT2D eigenvalue weighted by Crippen LogP contribution is -1.98. The van der Waals surface area contributed by atoms with Crippen LogP contribution >= 0.6 is 0 Å². The summed E-state index contributed by atoms with van der Waals surface area (Å²) < 4.78 is 32.5. The lowest BCUT2D eigenvalue weighted by Gasteiger charge is -2.11. The zero-order valence-electron chi connectivity index (χ0n) is 9.94. The van der Waals surface area contributed by atoms with E-state index in [-0.39, 0.29) is 17.9 Å². The van der Waals surface area contributed by atoms with E-state index in [0.29, 0.717) is 5.56 Å². The molecule has 2 N–H and O–H groups in total. The van der Waals surface area contributed by atoms with Crippen LogP contribution in [0.1, 0.15) is 11.1 Å². The number of benzene rings is 2. The normalized spacial score (nSPS) is 10.5. The number of para-hydroxylation sites is 1. The number of ether oxygens (including phenoxy) is 1. The molecule has 5 heteroatoms. The average Bonchev–Trinajstić information content (AvgIpc) is 2.43. The SMILES string of the molecule is OCc1cc(F)c(Oc2ccccc2CO)c(F)c1. The highest BCUT2D eigenvalue weighted by atomic mass is 19.1. The first-order chi connectivity index (χ1) is 9.15. The minimum Gasteiger partial charge on any atom is -0.451 e. The minimum atomic E-state index is -0.906. The van der Waals surface area contributed by atoms with Crippen molar-refractivity contribution in [2.75, 3.05) is 0 Å². The van der Waals surface area contributed by atoms with Crippen LogP contribution in [-0.4, -0.2) is 10.2 Å². The predicted molar refractivity (Wildman–Crippen MR) is 64.7 cm³/mol. The van der Waals surface area contributed by atoms with Crippen molar-refractivity contribution in [2.24, 2.45) is 0 Å². The number of hydrogen-bond donors (Lipinski definition) is 2. The highest BCUT2D eigenvalue weighted by Gasteiger charge is 2.14. The molecule has 100 valence electrons. The van der Waals surface area contributed by atoms with Crippen molar-refractivity contribution < 1.29 is 23.7 Å². The Kier molecular flexibility index (Phi) is 4.09. The Labute approximate surface area is 108 Å². The van der Waals surface area contributed by atoms with Crippen LogP contribution in [0.3, 0.4) is 0 Å². The van der Waals surface area contributed by atoms with Crippen molar-refractivity contribution >= 4 is 0 Å². The number of rotatable bonds is 4. The molecule has 0 aromatic heterocycles. The van der Waals surface area contributed by atoms with Crippen molar-refractivity contribution in [3.8, 4) is 11.5 Å². The van der Waals surface area contributed by atoms with Gasteiger partial charge in [-0.25, -0.2) is 8.78 Å². The Bertz CT molecular complexity index is 562. The summed E-state index contributed by atoms with van der Waals surface area (Å²) >= 11 is 0. The molecule has 0 aliphatic rings. The predicted octanol–water partition coefficient (Wildman–Crippen LogP) is 2.74. The molecule has 0 heterocycles. The van der Waals surface area contributed by atoms with Crippen LogP contribution in [-0.2, 0) is 13.2 Å². The summed E-state index contributed by atoms with van der Waals surface area (Å²) in [5.74, 6) is -2.19. The third-order valence-corrected chi connectivity index (χ3v) is 2.60. The third kappa shape index (κ3) is 2.89. The van der Waals surface area contributed by atoms with Crippen LogP contribution < -0.4 is 4.74 Å². The zero-order chi connectivity index (χ0) is 13.8. The molecule has 0 amide bonds. The number of aliphatic hydroxyl groups is 2. The van der Waals surface area contributed by atoms with E-state index < -0.39 is 24.0 Å². The van der Waals surface area contributed by atoms with Crippen molar-refractivity contribution in [1.29, 1.82) is 0 Å². The second-order valence-electron chi connectivity index (χ2n) is 3.91. The molecule has 0 unspecified atom stereocenters. The van der Waals surface area contributed by atoms with Gasteiger partial charge in [0.2, 0.25) is 0 Å². The molecule has 0 saturated carbocycles. The molecule has 0 fully saturated rings. The van der Waals surface area contributed by atoms with Gasteiger partial charge in [0.25, 0.3) is 0 Å². The van der Waals surface area contributed by atoms with Gasteiger partial charge in [-0.2, -0.15) is 0 Å². The second kappa shape index (κ2) is 5.77. The van der Waals surface area contributed by atoms with Gasteiger partial charge in [-0.3, -0.25) is 0 Å². The molecule has 0 atom stereocenters. The van der Waals surface area contributed by atoms with Crippen LogP contribution in [0, 0.1) is 11.6 Å². The maximum Gasteiger partial charge on any atom is 0.198 e. The number of aliphatic hydroxyl groups excluding tert-OH is 2. The van der Waals surface area contributed by atoms with Crippen molar-refractivity contribution in [3.05, 3.63) is 59.2 Å². The van der Waals surface area contributed by atoms with E-state index >= 15 is 0 Å². The maximum absolute atomic E-state index is 13.7. The molecule has 19 heavy (non-hydrogen) atoms. The summed E-state index contributed by atoms with van der Waals surface area (Å²) in [6, 6.07) is 8.41. The fourth-order valence-corrected chi connectivity index (χ4v) is 1.65. The first kappa shape index (κ1) is 13.5. The topological polar surface area (TPSA) is 49.7 Å². The minimum absolute atomic E-state index is 0.123. The first-order valence-corrected chi connectivity index (χ1v) is 5.61. The lowest BCUT2D eigenvalue weighted by molar-refractivity contribution is 0.274. The van der Waals surface area contributed by atoms with Gasteiger partial charge in [-0.15, -0.1) is 0 Å². The van der Waals surface area contributed by atoms with E-state index in [2.05, 4.69) is 0 Å². The number of hydrogen-bond acceptors (Lipinski definition) is 3. The monoisotopic (exact) mass is 266 g/mol. The summed E-state index contributed by atoms with van der Waals surface area (Å²) in [5.41, 5.74) is 0.547. The Morgan fingerprint density at radius 3 is 2.16 bits per heavy atom. The van der Waals surface area contributed by atoms with Crippen molar-refractivity contribution in [2.45, 2.75) is 13.2 Å². The fraction of sp³-hybridized carbons (Fsp3) is 0.143. The molecule has 0 aliphatic heterocycles. The fourth-order valence-electron chi connectivity index (χ4n) is 1.65. The van der Waals surface area contributed by atoms with E-state index in [1.54, 1.807) is 18.2 Å². The van der Waals surface area contributed by atoms with Gasteiger partial charge in [0.05, 0.1) is 13.2 Å². The quantitative estimate of drug-likeness (QED) is 0.894. The molecule has 0 spiro atoms. The summed E-state index contributed by atoms with van der Waals surface area (Å²) in [4.78, 5) is 0. The molecule has 2 aromatic carbocycles. The summed E-state index contributed by atoms with van der Waals surface area (Å²) in [7, 11) is 0. The summed E-state index contributed by atoms with van der Waals surface area (Å²) in [5, 5.41) is 18.0. The Morgan fingerprint density at radius 1 is 0.947 bits per heavy atom. The molecule has 2 rings (SSSR count). The molecular weight excluding hydrogens is 254 g/mol. The average molecular weight is 266 g/mol. The van der Waals surface area contributed by atoms with Gasteiger partial charge in [-0.05, 0) is 23.8 Å². The maximum atomic E-state index is 13.7. The standard InChI is InChI=1S/C14H12F2O3/c15-11-5-9(7-17)6-12(16)14(11)19-13-4-2-1-3-10(13)8-18/h1-6,17-18H,7-8H2. The van der Waals surface area contributed by atoms with Crippen molar-refractivity contribution in [1.82, 2.24) is 0 Å². The van der Waals surface area contributed by atoms with Gasteiger partial charge in [0.15, 0.2) is 17.4 Å². The van der Waals surface area contributed by atoms with Crippen molar-refractivity contribution in [3.63, 3.8) is 0 Å². The summed E-state index contributed by atoms with van der Waals surface area (Å²) in [6.45, 7) is -0.754. The Hall–Kier alpha value is -1.98. The van der Waals surface area contributed by atoms with Crippen LogP contribution in [0.5, 0.6) is 11.5 Å². The molecule has 3 nitrogen and oxygen atoms in total. The first-order valence-electron chi connectivity index (χ1n) is 5.61. The Balaban J connectivity index is 2.38. The van der Waals surface area contributed by atoms with E-state index in [4.69, 9.17) is 14.9 Å². The summed E-state index contributed by atoms with van der Waals surface area (Å²) in [6.07, 6.45) is 0. The van der Waals surface area contributed by atoms with Gasteiger partial charge >= 0.3 is 0 Å². The van der Waals surface area contributed by atoms with E-state index in [1.165, 1.54) is 6.07 Å². The van der Waals surface area contributed by atoms with E-state index in [1.807, 2.05) is 0 Å². The smallest absolute Gasteiger partial charge is 0.198 e. The van der Waals surface area contributed by atoms with Gasteiger partial charge in [-0.1, -0.05) is 18.2 Å². The van der Waals surface area contributed by atoms with Crippen LogP contribution in [0.25, 0.3) is 0 Å². The van der Waals surface area contributed by atoms with Crippen LogP contribution in [0.15, 0.2) is 36.4 Å². The molecule has 0 bridgehead atoms. The van der Waals surface area contributed by atoms with Gasteiger partial charge in [0.1, 0.15) is 5.75 Å². The van der Waals surface area contributed by atoms with Crippen LogP contribution in [0.2, 0.25) is 0 Å². The lowest BCUT2D eigenvalue weighted by atomic mass is 10.2. The molecule has 0 radical (unpaired) electrons. The highest BCUT2D eigenvalue weighted by molar-refractivity contribution is 5.39. The molecule has 2 aromatic rings. The van der Waals surface area contributed by atoms with E-state index in [0.717, 1.165) is 12.1 Å². The van der Waals surface area contributed by atoms with E-state index in [9.17, 15) is 8.78 Å². The van der Waals surface area contributed by atoms with Gasteiger partial charge < -0.3 is 14.9 Å². The zero-order valence-corrected chi connectivity index (χ0v) is 9.94. The molecule has 0 aliphatic carbocycles. The molecular formula is C14H12F2O3. The second-order valence-corrected chi connectivity index (χ2v) is 3.91. The van der Waals surface area contributed by atoms with Crippen LogP contribution in [0.4, 0.5) is 8.78 Å².